The number of piperidine rings is 1. The molecule has 1 aromatic heterocycles. The molecule has 3 heterocycles. The molecule has 17 heavy (non-hydrogen) atoms. The summed E-state index contributed by atoms with van der Waals surface area (Å²) in [7, 11) is 0. The van der Waals surface area contributed by atoms with E-state index in [2.05, 4.69) is 15.2 Å². The molecule has 4 nitrogen and oxygen atoms in total. The van der Waals surface area contributed by atoms with Gasteiger partial charge >= 0.3 is 0 Å². The summed E-state index contributed by atoms with van der Waals surface area (Å²) in [5.41, 5.74) is 0. The third-order valence-corrected chi connectivity index (χ3v) is 4.53. The quantitative estimate of drug-likeness (QED) is 0.861. The Bertz CT molecular complexity index is 419. The van der Waals surface area contributed by atoms with Crippen LogP contribution in [0.15, 0.2) is 6.20 Å². The van der Waals surface area contributed by atoms with Crippen LogP contribution in [0.2, 0.25) is 0 Å². The van der Waals surface area contributed by atoms with E-state index in [-0.39, 0.29) is 5.91 Å². The van der Waals surface area contributed by atoms with Crippen molar-refractivity contribution in [1.29, 1.82) is 0 Å². The minimum atomic E-state index is -0.00407. The number of aromatic nitrogens is 1. The maximum absolute atomic E-state index is 12.0. The molecule has 0 saturated carbocycles. The molecule has 2 aliphatic rings. The molecule has 0 radical (unpaired) electrons. The molecule has 2 saturated heterocycles. The molecular weight excluding hydrogens is 234 g/mol. The molecule has 1 N–H and O–H groups in total. The predicted octanol–water partition coefficient (Wildman–Crippen LogP) is 1.28. The average Bonchev–Trinajstić information content (AvgIpc) is 2.85. The zero-order valence-corrected chi connectivity index (χ0v) is 10.8. The van der Waals surface area contributed by atoms with Gasteiger partial charge in [-0.1, -0.05) is 0 Å². The second-order valence-corrected chi connectivity index (χ2v) is 6.33. The first-order chi connectivity index (χ1) is 8.20. The lowest BCUT2D eigenvalue weighted by Crippen LogP contribution is -2.46. The Labute approximate surface area is 105 Å². The number of rotatable bonds is 2. The van der Waals surface area contributed by atoms with Crippen molar-refractivity contribution >= 4 is 17.2 Å². The van der Waals surface area contributed by atoms with Crippen LogP contribution in [0.1, 0.15) is 27.5 Å². The Morgan fingerprint density at radius 1 is 1.59 bits per heavy atom. The molecule has 1 amide bonds. The van der Waals surface area contributed by atoms with E-state index in [1.807, 2.05) is 6.92 Å². The lowest BCUT2D eigenvalue weighted by molar-refractivity contribution is 0.0909. The lowest BCUT2D eigenvalue weighted by atomic mass is 9.97. The second kappa shape index (κ2) is 4.38. The number of aryl methyl sites for hydroxylation is 1. The number of nitrogens with one attached hydrogen (secondary N) is 1. The van der Waals surface area contributed by atoms with Gasteiger partial charge in [-0.25, -0.2) is 4.98 Å². The smallest absolute Gasteiger partial charge is 0.280 e. The Morgan fingerprint density at radius 2 is 2.47 bits per heavy atom. The number of hydrogen-bond acceptors (Lipinski definition) is 4. The molecule has 3 atom stereocenters. The number of carbonyl (C=O) groups excluding carboxylic acids is 1. The molecule has 0 aromatic carbocycles. The second-order valence-electron chi connectivity index (χ2n) is 5.10. The monoisotopic (exact) mass is 251 g/mol. The normalized spacial score (nSPS) is 31.5. The maximum Gasteiger partial charge on any atom is 0.280 e. The number of carbonyl (C=O) groups is 1. The largest absolute Gasteiger partial charge is 0.346 e. The van der Waals surface area contributed by atoms with E-state index < -0.39 is 0 Å². The van der Waals surface area contributed by atoms with Crippen LogP contribution in [0.3, 0.4) is 0 Å². The summed E-state index contributed by atoms with van der Waals surface area (Å²) in [4.78, 5) is 19.6. The van der Waals surface area contributed by atoms with Gasteiger partial charge in [-0.15, -0.1) is 11.3 Å². The van der Waals surface area contributed by atoms with Crippen LogP contribution in [0.4, 0.5) is 0 Å². The summed E-state index contributed by atoms with van der Waals surface area (Å²) >= 11 is 1.46. The topological polar surface area (TPSA) is 45.2 Å². The van der Waals surface area contributed by atoms with Gasteiger partial charge in [0.2, 0.25) is 0 Å². The van der Waals surface area contributed by atoms with Crippen molar-refractivity contribution in [1.82, 2.24) is 15.2 Å². The van der Waals surface area contributed by atoms with Crippen molar-refractivity contribution in [2.24, 2.45) is 5.92 Å². The number of fused-ring (bicyclic) bond motifs is 2. The predicted molar refractivity (Wildman–Crippen MR) is 67.3 cm³/mol. The number of hydrogen-bond donors (Lipinski definition) is 1. The van der Waals surface area contributed by atoms with Crippen molar-refractivity contribution < 1.29 is 4.79 Å². The first-order valence-electron chi connectivity index (χ1n) is 6.16. The molecule has 5 heteroatoms. The molecule has 2 fully saturated rings. The molecule has 0 spiro atoms. The zero-order chi connectivity index (χ0) is 11.8. The highest BCUT2D eigenvalue weighted by atomic mass is 32.1. The van der Waals surface area contributed by atoms with Gasteiger partial charge in [0.05, 0.1) is 0 Å². The molecule has 2 aliphatic heterocycles. The summed E-state index contributed by atoms with van der Waals surface area (Å²) < 4.78 is 0. The summed E-state index contributed by atoms with van der Waals surface area (Å²) in [5.74, 6) is 0.780. The standard InChI is InChI=1S/C12H17N3OS/c1-8-5-13-12(17-8)11(16)14-10-4-9-2-3-15(6-9)7-10/h5,9-10H,2-4,6-7H2,1H3,(H,14,16)/t9-,10+/m1/s1. The van der Waals surface area contributed by atoms with Crippen molar-refractivity contribution in [3.05, 3.63) is 16.1 Å². The van der Waals surface area contributed by atoms with E-state index in [1.54, 1.807) is 6.20 Å². The molecule has 92 valence electrons. The number of nitrogens with zero attached hydrogens (tertiary/aromatic N) is 2. The van der Waals surface area contributed by atoms with Gasteiger partial charge in [0.15, 0.2) is 5.01 Å². The van der Waals surface area contributed by atoms with E-state index in [9.17, 15) is 4.79 Å². The van der Waals surface area contributed by atoms with Gasteiger partial charge in [-0.3, -0.25) is 4.79 Å². The highest BCUT2D eigenvalue weighted by molar-refractivity contribution is 7.13. The first kappa shape index (κ1) is 11.2. The highest BCUT2D eigenvalue weighted by Gasteiger charge is 2.33. The average molecular weight is 251 g/mol. The van der Waals surface area contributed by atoms with Crippen LogP contribution in [0, 0.1) is 12.8 Å². The van der Waals surface area contributed by atoms with Gasteiger partial charge in [0.25, 0.3) is 5.91 Å². The van der Waals surface area contributed by atoms with Crippen LogP contribution in [0.5, 0.6) is 0 Å². The minimum Gasteiger partial charge on any atom is -0.346 e. The molecule has 0 aliphatic carbocycles. The summed E-state index contributed by atoms with van der Waals surface area (Å²) in [6.07, 6.45) is 4.18. The fourth-order valence-electron chi connectivity index (χ4n) is 2.87. The first-order valence-corrected chi connectivity index (χ1v) is 6.98. The van der Waals surface area contributed by atoms with Gasteiger partial charge in [-0.2, -0.15) is 0 Å². The van der Waals surface area contributed by atoms with Crippen molar-refractivity contribution in [3.63, 3.8) is 0 Å². The van der Waals surface area contributed by atoms with Gasteiger partial charge in [0, 0.05) is 30.2 Å². The molecular formula is C12H17N3OS. The van der Waals surface area contributed by atoms with E-state index in [1.165, 1.54) is 30.8 Å². The van der Waals surface area contributed by atoms with Crippen molar-refractivity contribution in [2.45, 2.75) is 25.8 Å². The van der Waals surface area contributed by atoms with Gasteiger partial charge in [0.1, 0.15) is 0 Å². The van der Waals surface area contributed by atoms with E-state index in [4.69, 9.17) is 0 Å². The third-order valence-electron chi connectivity index (χ3n) is 3.62. The van der Waals surface area contributed by atoms with Crippen LogP contribution in [-0.4, -0.2) is 41.5 Å². The Morgan fingerprint density at radius 3 is 3.18 bits per heavy atom. The van der Waals surface area contributed by atoms with Gasteiger partial charge in [-0.05, 0) is 32.2 Å². The molecule has 1 unspecified atom stereocenters. The Kier molecular flexibility index (Phi) is 2.88. The molecule has 1 aromatic rings. The minimum absolute atomic E-state index is 0.00407. The number of amides is 1. The fourth-order valence-corrected chi connectivity index (χ4v) is 3.54. The SMILES string of the molecule is Cc1cnc(C(=O)N[C@H]2C[C@H]3CCN(C3)C2)s1. The van der Waals surface area contributed by atoms with E-state index in [0.717, 1.165) is 23.8 Å². The fraction of sp³-hybridized carbons (Fsp3) is 0.667. The molecule has 2 bridgehead atoms. The Hall–Kier alpha value is -0.940. The van der Waals surface area contributed by atoms with Gasteiger partial charge < -0.3 is 10.2 Å². The van der Waals surface area contributed by atoms with Crippen LogP contribution >= 0.6 is 11.3 Å². The summed E-state index contributed by atoms with van der Waals surface area (Å²) in [5, 5.41) is 3.71. The van der Waals surface area contributed by atoms with E-state index in [0.29, 0.717) is 11.0 Å². The Balaban J connectivity index is 1.62. The van der Waals surface area contributed by atoms with Crippen LogP contribution in [-0.2, 0) is 0 Å². The van der Waals surface area contributed by atoms with Crippen LogP contribution < -0.4 is 5.32 Å². The van der Waals surface area contributed by atoms with E-state index >= 15 is 0 Å². The number of thiazole rings is 1. The highest BCUT2D eigenvalue weighted by Crippen LogP contribution is 2.26. The summed E-state index contributed by atoms with van der Waals surface area (Å²) in [6, 6.07) is 0.313. The maximum atomic E-state index is 12.0. The van der Waals surface area contributed by atoms with Crippen molar-refractivity contribution in [2.75, 3.05) is 19.6 Å². The lowest BCUT2D eigenvalue weighted by Gasteiger charge is -2.30. The van der Waals surface area contributed by atoms with Crippen molar-refractivity contribution in [3.8, 4) is 0 Å². The molecule has 3 rings (SSSR count). The van der Waals surface area contributed by atoms with Crippen LogP contribution in [0.25, 0.3) is 0 Å². The zero-order valence-electron chi connectivity index (χ0n) is 9.98. The summed E-state index contributed by atoms with van der Waals surface area (Å²) in [6.45, 7) is 5.41. The third kappa shape index (κ3) is 2.35.